The van der Waals surface area contributed by atoms with Crippen molar-refractivity contribution >= 4 is 11.9 Å². The fourth-order valence-corrected chi connectivity index (χ4v) is 2.01. The first kappa shape index (κ1) is 15.2. The van der Waals surface area contributed by atoms with Gasteiger partial charge in [-0.05, 0) is 26.0 Å². The highest BCUT2D eigenvalue weighted by Gasteiger charge is 2.25. The fraction of sp³-hybridized carbons (Fsp3) is 0.467. The summed E-state index contributed by atoms with van der Waals surface area (Å²) < 4.78 is 11.3. The van der Waals surface area contributed by atoms with E-state index in [9.17, 15) is 9.59 Å². The van der Waals surface area contributed by atoms with E-state index in [0.717, 1.165) is 0 Å². The molecule has 0 saturated carbocycles. The second-order valence-corrected chi connectivity index (χ2v) is 4.99. The normalized spacial score (nSPS) is 15.1. The van der Waals surface area contributed by atoms with E-state index in [1.807, 2.05) is 32.0 Å². The van der Waals surface area contributed by atoms with E-state index in [-0.39, 0.29) is 31.2 Å². The van der Waals surface area contributed by atoms with Crippen molar-refractivity contribution in [2.75, 3.05) is 19.7 Å². The van der Waals surface area contributed by atoms with Crippen LogP contribution in [-0.2, 0) is 4.79 Å². The molecule has 0 unspecified atom stereocenters. The predicted molar refractivity (Wildman–Crippen MR) is 77.4 cm³/mol. The number of carbonyl (C=O) groups is 2. The predicted octanol–water partition coefficient (Wildman–Crippen LogP) is 1.79. The lowest BCUT2D eigenvalue weighted by Gasteiger charge is -2.25. The van der Waals surface area contributed by atoms with Gasteiger partial charge in [0.2, 0.25) is 5.91 Å². The molecule has 1 saturated heterocycles. The number of hydrogen-bond acceptors (Lipinski definition) is 4. The highest BCUT2D eigenvalue weighted by Crippen LogP contribution is 2.27. The first-order valence-corrected chi connectivity index (χ1v) is 7.04. The number of nitrogens with zero attached hydrogens (tertiary/aromatic N) is 1. The number of carbonyl (C=O) groups excluding carboxylic acids is 2. The summed E-state index contributed by atoms with van der Waals surface area (Å²) in [5.74, 6) is 1.09. The van der Waals surface area contributed by atoms with Gasteiger partial charge >= 0.3 is 6.03 Å². The summed E-state index contributed by atoms with van der Waals surface area (Å²) in [6, 6.07) is 6.98. The Labute approximate surface area is 124 Å². The number of imide groups is 1. The third-order valence-corrected chi connectivity index (χ3v) is 2.95. The molecule has 1 N–H and O–H groups in total. The van der Waals surface area contributed by atoms with E-state index in [0.29, 0.717) is 24.5 Å². The van der Waals surface area contributed by atoms with Crippen LogP contribution in [0.1, 0.15) is 20.3 Å². The number of nitrogens with one attached hydrogen (secondary N) is 1. The van der Waals surface area contributed by atoms with Gasteiger partial charge in [0.25, 0.3) is 0 Å². The molecule has 114 valence electrons. The second kappa shape index (κ2) is 6.97. The minimum Gasteiger partial charge on any atom is -0.488 e. The number of urea groups is 1. The van der Waals surface area contributed by atoms with Gasteiger partial charge in [0.15, 0.2) is 11.5 Å². The lowest BCUT2D eigenvalue weighted by atomic mass is 10.3. The summed E-state index contributed by atoms with van der Waals surface area (Å²) in [5.41, 5.74) is 0. The highest BCUT2D eigenvalue weighted by atomic mass is 16.5. The first-order valence-electron chi connectivity index (χ1n) is 7.04. The second-order valence-electron chi connectivity index (χ2n) is 4.99. The molecule has 0 spiro atoms. The van der Waals surface area contributed by atoms with Crippen LogP contribution in [0.2, 0.25) is 0 Å². The molecular formula is C15H20N2O4. The lowest BCUT2D eigenvalue weighted by molar-refractivity contribution is -0.129. The zero-order valence-corrected chi connectivity index (χ0v) is 12.3. The van der Waals surface area contributed by atoms with Crippen LogP contribution in [0.3, 0.4) is 0 Å². The third-order valence-electron chi connectivity index (χ3n) is 2.95. The summed E-state index contributed by atoms with van der Waals surface area (Å²) >= 11 is 0. The van der Waals surface area contributed by atoms with Crippen LogP contribution < -0.4 is 14.8 Å². The quantitative estimate of drug-likeness (QED) is 0.868. The lowest BCUT2D eigenvalue weighted by Crippen LogP contribution is -2.51. The Morgan fingerprint density at radius 1 is 1.24 bits per heavy atom. The van der Waals surface area contributed by atoms with E-state index in [1.54, 1.807) is 6.07 Å². The van der Waals surface area contributed by atoms with Crippen molar-refractivity contribution in [2.24, 2.45) is 0 Å². The van der Waals surface area contributed by atoms with Crippen LogP contribution in [0.4, 0.5) is 4.79 Å². The maximum atomic E-state index is 11.6. The molecule has 1 heterocycles. The maximum absolute atomic E-state index is 11.6. The average molecular weight is 292 g/mol. The van der Waals surface area contributed by atoms with Gasteiger partial charge in [-0.3, -0.25) is 9.69 Å². The van der Waals surface area contributed by atoms with E-state index < -0.39 is 0 Å². The molecule has 0 radical (unpaired) electrons. The Hall–Kier alpha value is -2.24. The summed E-state index contributed by atoms with van der Waals surface area (Å²) in [5, 5.41) is 2.63. The molecular weight excluding hydrogens is 272 g/mol. The molecule has 1 aliphatic rings. The van der Waals surface area contributed by atoms with Crippen LogP contribution in [0.15, 0.2) is 24.3 Å². The van der Waals surface area contributed by atoms with Crippen molar-refractivity contribution in [2.45, 2.75) is 26.4 Å². The van der Waals surface area contributed by atoms with Gasteiger partial charge in [-0.1, -0.05) is 12.1 Å². The van der Waals surface area contributed by atoms with Crippen LogP contribution in [0, 0.1) is 0 Å². The largest absolute Gasteiger partial charge is 0.488 e. The monoisotopic (exact) mass is 292 g/mol. The van der Waals surface area contributed by atoms with E-state index in [2.05, 4.69) is 5.32 Å². The minimum atomic E-state index is -0.360. The fourth-order valence-electron chi connectivity index (χ4n) is 2.01. The number of benzene rings is 1. The van der Waals surface area contributed by atoms with Crippen LogP contribution in [0.25, 0.3) is 0 Å². The molecule has 0 aliphatic carbocycles. The van der Waals surface area contributed by atoms with Gasteiger partial charge < -0.3 is 14.8 Å². The van der Waals surface area contributed by atoms with Crippen molar-refractivity contribution in [1.82, 2.24) is 10.2 Å². The molecule has 1 aliphatic heterocycles. The van der Waals surface area contributed by atoms with Crippen molar-refractivity contribution in [3.8, 4) is 11.5 Å². The van der Waals surface area contributed by atoms with E-state index in [4.69, 9.17) is 9.47 Å². The average Bonchev–Trinajstić information content (AvgIpc) is 2.43. The standard InChI is InChI=1S/C15H20N2O4/c1-11(2)21-13-6-4-3-5-12(13)20-10-9-17-14(18)7-8-16-15(17)19/h3-6,11H,7-10H2,1-2H3,(H,16,19). The summed E-state index contributed by atoms with van der Waals surface area (Å²) in [6.45, 7) is 4.74. The summed E-state index contributed by atoms with van der Waals surface area (Å²) in [7, 11) is 0. The number of rotatable bonds is 6. The Kier molecular flexibility index (Phi) is 5.03. The molecule has 21 heavy (non-hydrogen) atoms. The van der Waals surface area contributed by atoms with Gasteiger partial charge in [-0.2, -0.15) is 0 Å². The zero-order chi connectivity index (χ0) is 15.2. The molecule has 0 aromatic heterocycles. The van der Waals surface area contributed by atoms with Crippen molar-refractivity contribution in [1.29, 1.82) is 0 Å². The summed E-state index contributed by atoms with van der Waals surface area (Å²) in [6.07, 6.45) is 0.378. The topological polar surface area (TPSA) is 67.9 Å². The summed E-state index contributed by atoms with van der Waals surface area (Å²) in [4.78, 5) is 24.4. The highest BCUT2D eigenvalue weighted by molar-refractivity contribution is 5.96. The Morgan fingerprint density at radius 2 is 1.95 bits per heavy atom. The molecule has 2 rings (SSSR count). The van der Waals surface area contributed by atoms with E-state index >= 15 is 0 Å². The van der Waals surface area contributed by atoms with Gasteiger partial charge in [0, 0.05) is 13.0 Å². The Balaban J connectivity index is 1.91. The van der Waals surface area contributed by atoms with Gasteiger partial charge in [0.1, 0.15) is 6.61 Å². The number of para-hydroxylation sites is 2. The minimum absolute atomic E-state index is 0.0456. The van der Waals surface area contributed by atoms with Crippen LogP contribution >= 0.6 is 0 Å². The van der Waals surface area contributed by atoms with Crippen molar-refractivity contribution in [3.63, 3.8) is 0 Å². The van der Waals surface area contributed by atoms with Gasteiger partial charge in [0.05, 0.1) is 12.6 Å². The number of amides is 3. The molecule has 1 fully saturated rings. The molecule has 0 bridgehead atoms. The molecule has 3 amide bonds. The van der Waals surface area contributed by atoms with Crippen LogP contribution in [-0.4, -0.2) is 42.6 Å². The van der Waals surface area contributed by atoms with Gasteiger partial charge in [-0.25, -0.2) is 4.79 Å². The third kappa shape index (κ3) is 4.11. The van der Waals surface area contributed by atoms with Gasteiger partial charge in [-0.15, -0.1) is 0 Å². The first-order chi connectivity index (χ1) is 10.1. The molecule has 6 nitrogen and oxygen atoms in total. The molecule has 1 aromatic carbocycles. The number of hydrogen-bond donors (Lipinski definition) is 1. The smallest absolute Gasteiger partial charge is 0.324 e. The SMILES string of the molecule is CC(C)Oc1ccccc1OCCN1C(=O)CCNC1=O. The Bertz CT molecular complexity index is 500. The zero-order valence-electron chi connectivity index (χ0n) is 12.3. The number of ether oxygens (including phenoxy) is 2. The maximum Gasteiger partial charge on any atom is 0.324 e. The molecule has 1 aromatic rings. The molecule has 0 atom stereocenters. The van der Waals surface area contributed by atoms with Crippen LogP contribution in [0.5, 0.6) is 11.5 Å². The Morgan fingerprint density at radius 3 is 2.62 bits per heavy atom. The van der Waals surface area contributed by atoms with Crippen molar-refractivity contribution in [3.05, 3.63) is 24.3 Å². The van der Waals surface area contributed by atoms with E-state index in [1.165, 1.54) is 4.90 Å². The molecule has 6 heteroatoms. The van der Waals surface area contributed by atoms with Crippen molar-refractivity contribution < 1.29 is 19.1 Å².